The van der Waals surface area contributed by atoms with E-state index in [-0.39, 0.29) is 49.8 Å². The van der Waals surface area contributed by atoms with Gasteiger partial charge in [-0.05, 0) is 95.5 Å². The zero-order valence-electron chi connectivity index (χ0n) is 32.2. The number of Topliss-reactive ketones (excluding diaryl/α,β-unsaturated/α-hetero) is 2. The molecule has 4 rings (SSSR count). The van der Waals surface area contributed by atoms with E-state index in [1.165, 1.54) is 6.92 Å². The van der Waals surface area contributed by atoms with Crippen LogP contribution in [-0.2, 0) is 28.7 Å². The minimum Gasteiger partial charge on any atom is -0.456 e. The van der Waals surface area contributed by atoms with Gasteiger partial charge in [-0.1, -0.05) is 45.4 Å². The van der Waals surface area contributed by atoms with E-state index in [1.807, 2.05) is 32.9 Å². The van der Waals surface area contributed by atoms with Crippen molar-refractivity contribution in [1.82, 2.24) is 4.90 Å². The Hall–Kier alpha value is -2.52. The Morgan fingerprint density at radius 1 is 0.906 bits per heavy atom. The predicted octanol–water partition coefficient (Wildman–Crippen LogP) is 2.51. The molecule has 2 bridgehead atoms. The summed E-state index contributed by atoms with van der Waals surface area (Å²) in [6.45, 7) is 10.7. The van der Waals surface area contributed by atoms with Crippen LogP contribution < -0.4 is 0 Å². The van der Waals surface area contributed by atoms with E-state index in [0.717, 1.165) is 10.5 Å². The number of rotatable bonds is 3. The molecule has 3 fully saturated rings. The molecule has 0 spiro atoms. The Morgan fingerprint density at radius 3 is 2.26 bits per heavy atom. The van der Waals surface area contributed by atoms with E-state index in [0.29, 0.717) is 50.5 Å². The van der Waals surface area contributed by atoms with Gasteiger partial charge in [-0.15, -0.1) is 0 Å². The molecule has 6 N–H and O–H groups in total. The fourth-order valence-electron chi connectivity index (χ4n) is 8.72. The number of cyclic esters (lactones) is 1. The van der Waals surface area contributed by atoms with Crippen LogP contribution in [0.25, 0.3) is 0 Å². The summed E-state index contributed by atoms with van der Waals surface area (Å²) in [4.78, 5) is 56.4. The van der Waals surface area contributed by atoms with Gasteiger partial charge in [-0.2, -0.15) is 0 Å². The largest absolute Gasteiger partial charge is 0.456 e. The molecule has 13 nitrogen and oxygen atoms in total. The highest BCUT2D eigenvalue weighted by molar-refractivity contribution is 6.39. The first-order valence-electron chi connectivity index (χ1n) is 19.6. The lowest BCUT2D eigenvalue weighted by Crippen LogP contribution is -2.57. The third-order valence-electron chi connectivity index (χ3n) is 12.1. The van der Waals surface area contributed by atoms with E-state index in [4.69, 9.17) is 9.47 Å². The van der Waals surface area contributed by atoms with Crippen molar-refractivity contribution >= 4 is 23.4 Å². The molecule has 14 atom stereocenters. The normalized spacial score (nSPS) is 43.2. The van der Waals surface area contributed by atoms with E-state index < -0.39 is 90.0 Å². The number of ether oxygens (including phenoxy) is 2. The maximum absolute atomic E-state index is 14.1. The molecule has 14 unspecified atom stereocenters. The summed E-state index contributed by atoms with van der Waals surface area (Å²) in [7, 11) is 0. The first-order chi connectivity index (χ1) is 24.9. The number of amides is 1. The molecule has 0 radical (unpaired) electrons. The maximum Gasteiger partial charge on any atom is 0.329 e. The quantitative estimate of drug-likeness (QED) is 0.140. The molecule has 1 aliphatic carbocycles. The highest BCUT2D eigenvalue weighted by Gasteiger charge is 2.57. The fraction of sp³-hybridized carbons (Fsp3) is 0.800. The van der Waals surface area contributed by atoms with Gasteiger partial charge in [0.15, 0.2) is 0 Å². The second kappa shape index (κ2) is 18.4. The lowest BCUT2D eigenvalue weighted by Gasteiger charge is -2.37. The number of hydrogen-bond donors (Lipinski definition) is 6. The average Bonchev–Trinajstić information content (AvgIpc) is 3.43. The van der Waals surface area contributed by atoms with E-state index in [1.54, 1.807) is 13.8 Å². The van der Waals surface area contributed by atoms with Gasteiger partial charge in [-0.3, -0.25) is 14.4 Å². The topological polar surface area (TPSA) is 211 Å². The number of aliphatic hydroxyl groups is 6. The molecule has 4 aliphatic rings. The van der Waals surface area contributed by atoms with Crippen molar-refractivity contribution in [2.75, 3.05) is 6.54 Å². The highest BCUT2D eigenvalue weighted by atomic mass is 16.6. The Morgan fingerprint density at radius 2 is 1.60 bits per heavy atom. The second-order valence-corrected chi connectivity index (χ2v) is 16.5. The van der Waals surface area contributed by atoms with Crippen molar-refractivity contribution in [2.24, 2.45) is 29.6 Å². The SMILES string of the molecule is CCC1/C=C(\C)CC(C)CC(O)C(O)C2CC(C)C(O)(O2)C(=O)C(=O)N2CCCCC2C(=O)OC(/C(C)=C/C2CCC(O)C(O)C2)C(C)C(O)CC1=O. The second-order valence-electron chi connectivity index (χ2n) is 16.5. The Balaban J connectivity index is 1.71. The van der Waals surface area contributed by atoms with E-state index in [2.05, 4.69) is 0 Å². The predicted molar refractivity (Wildman–Crippen MR) is 194 cm³/mol. The molecule has 53 heavy (non-hydrogen) atoms. The van der Waals surface area contributed by atoms with Crippen molar-refractivity contribution in [3.63, 3.8) is 0 Å². The van der Waals surface area contributed by atoms with Gasteiger partial charge in [0.2, 0.25) is 5.79 Å². The van der Waals surface area contributed by atoms with Gasteiger partial charge in [0.05, 0.1) is 30.5 Å². The van der Waals surface area contributed by atoms with Gasteiger partial charge < -0.3 is 45.0 Å². The molecular weight excluding hydrogens is 686 g/mol. The van der Waals surface area contributed by atoms with Crippen LogP contribution in [0.4, 0.5) is 0 Å². The molecule has 1 amide bonds. The molecule has 0 aromatic rings. The minimum absolute atomic E-state index is 0.00267. The summed E-state index contributed by atoms with van der Waals surface area (Å²) < 4.78 is 11.9. The number of carbonyl (C=O) groups is 4. The minimum atomic E-state index is -2.59. The number of ketones is 2. The van der Waals surface area contributed by atoms with Crippen LogP contribution in [0.2, 0.25) is 0 Å². The van der Waals surface area contributed by atoms with Gasteiger partial charge in [0.25, 0.3) is 11.7 Å². The number of allylic oxidation sites excluding steroid dienone is 3. The molecule has 0 aromatic heterocycles. The number of aliphatic hydroxyl groups excluding tert-OH is 5. The zero-order chi connectivity index (χ0) is 39.4. The van der Waals surface area contributed by atoms with Crippen LogP contribution in [0.5, 0.6) is 0 Å². The summed E-state index contributed by atoms with van der Waals surface area (Å²) in [6, 6.07) is -1.19. The molecule has 300 valence electrons. The van der Waals surface area contributed by atoms with E-state index in [9.17, 15) is 49.8 Å². The monoisotopic (exact) mass is 749 g/mol. The summed E-state index contributed by atoms with van der Waals surface area (Å²) in [5.74, 6) is -8.42. The molecule has 3 heterocycles. The molecule has 3 aliphatic heterocycles. The number of fused-ring (bicyclic) bond motifs is 3. The Bertz CT molecular complexity index is 1380. The maximum atomic E-state index is 14.1. The van der Waals surface area contributed by atoms with Crippen LogP contribution in [0.1, 0.15) is 112 Å². The molecular formula is C40H63NO12. The first kappa shape index (κ1) is 43.2. The van der Waals surface area contributed by atoms with Crippen molar-refractivity contribution in [3.05, 3.63) is 23.3 Å². The van der Waals surface area contributed by atoms with Gasteiger partial charge in [0.1, 0.15) is 24.0 Å². The third kappa shape index (κ3) is 10.2. The van der Waals surface area contributed by atoms with Crippen LogP contribution in [0.3, 0.4) is 0 Å². The summed E-state index contributed by atoms with van der Waals surface area (Å²) in [6.07, 6.45) is -0.647. The number of hydrogen-bond acceptors (Lipinski definition) is 12. The summed E-state index contributed by atoms with van der Waals surface area (Å²) >= 11 is 0. The van der Waals surface area contributed by atoms with E-state index >= 15 is 0 Å². The van der Waals surface area contributed by atoms with Crippen molar-refractivity contribution in [2.45, 2.75) is 167 Å². The van der Waals surface area contributed by atoms with Crippen LogP contribution in [0.15, 0.2) is 23.3 Å². The number of nitrogens with zero attached hydrogens (tertiary/aromatic N) is 1. The van der Waals surface area contributed by atoms with Crippen molar-refractivity contribution in [1.29, 1.82) is 0 Å². The number of piperidine rings is 1. The van der Waals surface area contributed by atoms with Crippen molar-refractivity contribution < 1.29 is 59.3 Å². The summed E-state index contributed by atoms with van der Waals surface area (Å²) in [5.41, 5.74) is 1.48. The third-order valence-corrected chi connectivity index (χ3v) is 12.1. The number of esters is 1. The summed E-state index contributed by atoms with van der Waals surface area (Å²) in [5, 5.41) is 65.4. The van der Waals surface area contributed by atoms with Gasteiger partial charge in [0, 0.05) is 30.7 Å². The molecule has 0 aromatic carbocycles. The lowest BCUT2D eigenvalue weighted by molar-refractivity contribution is -0.224. The van der Waals surface area contributed by atoms with Crippen LogP contribution >= 0.6 is 0 Å². The van der Waals surface area contributed by atoms with Crippen LogP contribution in [0, 0.1) is 29.6 Å². The van der Waals surface area contributed by atoms with Gasteiger partial charge in [-0.25, -0.2) is 4.79 Å². The lowest BCUT2D eigenvalue weighted by atomic mass is 9.82. The van der Waals surface area contributed by atoms with Crippen LogP contribution in [-0.4, -0.2) is 120 Å². The van der Waals surface area contributed by atoms with Crippen molar-refractivity contribution in [3.8, 4) is 0 Å². The Labute approximate surface area is 313 Å². The smallest absolute Gasteiger partial charge is 0.329 e. The fourth-order valence-corrected chi connectivity index (χ4v) is 8.72. The Kier molecular flexibility index (Phi) is 15.0. The zero-order valence-corrected chi connectivity index (χ0v) is 32.2. The standard InChI is InChI=1S/C40H63NO12/c1-7-27-15-21(2)14-22(3)16-33(46)35(47)34-18-24(5)40(51,53-34)37(48)38(49)41-13-9-8-10-28(41)39(50)52-36(25(6)30(43)20-31(27)44)23(4)17-26-11-12-29(42)32(45)19-26/h15,17,22,24-30,32-36,42-43,45-47,51H,7-14,16,18-20H2,1-6H3/b21-15+,23-17+. The molecule has 13 heteroatoms. The number of carbonyl (C=O) groups excluding carboxylic acids is 4. The van der Waals surface area contributed by atoms with Gasteiger partial charge >= 0.3 is 5.97 Å². The first-order valence-corrected chi connectivity index (χ1v) is 19.6. The average molecular weight is 750 g/mol. The molecule has 1 saturated carbocycles. The highest BCUT2D eigenvalue weighted by Crippen LogP contribution is 2.39. The molecule has 2 saturated heterocycles.